The van der Waals surface area contributed by atoms with Crippen molar-refractivity contribution in [3.05, 3.63) is 0 Å². The normalized spacial score (nSPS) is 20.4. The third-order valence-electron chi connectivity index (χ3n) is 4.45. The fourth-order valence-corrected chi connectivity index (χ4v) is 3.08. The highest BCUT2D eigenvalue weighted by atomic mass is 16.2. The van der Waals surface area contributed by atoms with E-state index in [1.807, 2.05) is 9.80 Å². The van der Waals surface area contributed by atoms with Gasteiger partial charge in [-0.1, -0.05) is 19.3 Å². The number of amides is 3. The van der Waals surface area contributed by atoms with Gasteiger partial charge in [-0.25, -0.2) is 4.79 Å². The first-order chi connectivity index (χ1) is 10.2. The van der Waals surface area contributed by atoms with Crippen LogP contribution in [0.25, 0.3) is 0 Å². The Kier molecular flexibility index (Phi) is 6.29. The lowest BCUT2D eigenvalue weighted by Gasteiger charge is -2.36. The predicted molar refractivity (Wildman–Crippen MR) is 81.8 cm³/mol. The SMILES string of the molecule is NCCCC(=O)N1CCN(C(=O)NC2CCCCC2)CC1. The topological polar surface area (TPSA) is 78.7 Å². The first kappa shape index (κ1) is 16.1. The minimum absolute atomic E-state index is 0.0379. The van der Waals surface area contributed by atoms with Crippen LogP contribution in [-0.2, 0) is 4.79 Å². The molecule has 6 nitrogen and oxygen atoms in total. The van der Waals surface area contributed by atoms with Crippen molar-refractivity contribution in [2.75, 3.05) is 32.7 Å². The van der Waals surface area contributed by atoms with E-state index in [1.54, 1.807) is 0 Å². The van der Waals surface area contributed by atoms with Gasteiger partial charge in [0.2, 0.25) is 5.91 Å². The van der Waals surface area contributed by atoms with Gasteiger partial charge in [-0.2, -0.15) is 0 Å². The van der Waals surface area contributed by atoms with Crippen molar-refractivity contribution >= 4 is 11.9 Å². The maximum atomic E-state index is 12.2. The van der Waals surface area contributed by atoms with E-state index in [0.717, 1.165) is 19.3 Å². The van der Waals surface area contributed by atoms with Crippen molar-refractivity contribution in [2.24, 2.45) is 5.73 Å². The molecule has 2 aliphatic rings. The summed E-state index contributed by atoms with van der Waals surface area (Å²) in [7, 11) is 0. The summed E-state index contributed by atoms with van der Waals surface area (Å²) in [5, 5.41) is 3.13. The molecule has 21 heavy (non-hydrogen) atoms. The minimum atomic E-state index is 0.0379. The molecule has 0 spiro atoms. The molecule has 1 heterocycles. The van der Waals surface area contributed by atoms with Crippen LogP contribution in [0.3, 0.4) is 0 Å². The molecule has 0 aromatic rings. The summed E-state index contributed by atoms with van der Waals surface area (Å²) in [6.45, 7) is 3.10. The zero-order valence-electron chi connectivity index (χ0n) is 12.9. The van der Waals surface area contributed by atoms with Crippen molar-refractivity contribution in [1.82, 2.24) is 15.1 Å². The molecule has 2 rings (SSSR count). The van der Waals surface area contributed by atoms with Crippen LogP contribution >= 0.6 is 0 Å². The molecule has 3 N–H and O–H groups in total. The van der Waals surface area contributed by atoms with Crippen LogP contribution in [-0.4, -0.2) is 60.5 Å². The second kappa shape index (κ2) is 8.22. The molecule has 3 amide bonds. The Labute approximate surface area is 127 Å². The highest BCUT2D eigenvalue weighted by Gasteiger charge is 2.25. The quantitative estimate of drug-likeness (QED) is 0.809. The van der Waals surface area contributed by atoms with Gasteiger partial charge in [-0.3, -0.25) is 4.79 Å². The Hall–Kier alpha value is -1.30. The molecular weight excluding hydrogens is 268 g/mol. The number of carbonyl (C=O) groups excluding carboxylic acids is 2. The Morgan fingerprint density at radius 1 is 1.00 bits per heavy atom. The summed E-state index contributed by atoms with van der Waals surface area (Å²) in [6.07, 6.45) is 7.18. The van der Waals surface area contributed by atoms with Crippen LogP contribution < -0.4 is 11.1 Å². The second-order valence-electron chi connectivity index (χ2n) is 6.04. The molecule has 0 bridgehead atoms. The molecule has 0 atom stereocenters. The summed E-state index contributed by atoms with van der Waals surface area (Å²) in [6, 6.07) is 0.381. The van der Waals surface area contributed by atoms with E-state index in [1.165, 1.54) is 19.3 Å². The van der Waals surface area contributed by atoms with Crippen molar-refractivity contribution < 1.29 is 9.59 Å². The number of hydrogen-bond acceptors (Lipinski definition) is 3. The van der Waals surface area contributed by atoms with Crippen molar-refractivity contribution in [1.29, 1.82) is 0 Å². The van der Waals surface area contributed by atoms with Gasteiger partial charge in [0.05, 0.1) is 0 Å². The summed E-state index contributed by atoms with van der Waals surface area (Å²) >= 11 is 0. The van der Waals surface area contributed by atoms with Crippen molar-refractivity contribution in [2.45, 2.75) is 51.0 Å². The Morgan fingerprint density at radius 3 is 2.24 bits per heavy atom. The number of hydrogen-bond donors (Lipinski definition) is 2. The molecule has 0 radical (unpaired) electrons. The standard InChI is InChI=1S/C15H28N4O2/c16-8-4-7-14(20)18-9-11-19(12-10-18)15(21)17-13-5-2-1-3-6-13/h13H,1-12,16H2,(H,17,21). The summed E-state index contributed by atoms with van der Waals surface area (Å²) in [5.41, 5.74) is 5.43. The van der Waals surface area contributed by atoms with Crippen LogP contribution in [0, 0.1) is 0 Å². The lowest BCUT2D eigenvalue weighted by molar-refractivity contribution is -0.132. The van der Waals surface area contributed by atoms with Crippen LogP contribution in [0.4, 0.5) is 4.79 Å². The number of nitrogens with two attached hydrogens (primary N) is 1. The highest BCUT2D eigenvalue weighted by molar-refractivity contribution is 5.77. The van der Waals surface area contributed by atoms with Gasteiger partial charge in [0.15, 0.2) is 0 Å². The smallest absolute Gasteiger partial charge is 0.317 e. The van der Waals surface area contributed by atoms with Crippen molar-refractivity contribution in [3.63, 3.8) is 0 Å². The fourth-order valence-electron chi connectivity index (χ4n) is 3.08. The number of carbonyl (C=O) groups is 2. The Morgan fingerprint density at radius 2 is 1.62 bits per heavy atom. The molecule has 1 saturated heterocycles. The summed E-state index contributed by atoms with van der Waals surface area (Å²) < 4.78 is 0. The van der Waals surface area contributed by atoms with Gasteiger partial charge in [-0.05, 0) is 25.8 Å². The molecule has 0 unspecified atom stereocenters. The number of nitrogens with zero attached hydrogens (tertiary/aromatic N) is 2. The molecule has 1 aliphatic carbocycles. The molecule has 6 heteroatoms. The van der Waals surface area contributed by atoms with Gasteiger partial charge in [0.1, 0.15) is 0 Å². The largest absolute Gasteiger partial charge is 0.339 e. The molecule has 1 aliphatic heterocycles. The van der Waals surface area contributed by atoms with Crippen LogP contribution in [0.1, 0.15) is 44.9 Å². The Balaban J connectivity index is 1.70. The minimum Gasteiger partial charge on any atom is -0.339 e. The van der Waals surface area contributed by atoms with E-state index >= 15 is 0 Å². The van der Waals surface area contributed by atoms with Crippen LogP contribution in [0.2, 0.25) is 0 Å². The molecule has 0 aromatic carbocycles. The predicted octanol–water partition coefficient (Wildman–Crippen LogP) is 0.912. The van der Waals surface area contributed by atoms with Crippen molar-refractivity contribution in [3.8, 4) is 0 Å². The third kappa shape index (κ3) is 4.88. The zero-order valence-corrected chi connectivity index (χ0v) is 12.9. The average molecular weight is 296 g/mol. The zero-order chi connectivity index (χ0) is 15.1. The first-order valence-corrected chi connectivity index (χ1v) is 8.24. The van der Waals surface area contributed by atoms with Gasteiger partial charge in [0, 0.05) is 38.6 Å². The van der Waals surface area contributed by atoms with Gasteiger partial charge in [0.25, 0.3) is 0 Å². The second-order valence-corrected chi connectivity index (χ2v) is 6.04. The van der Waals surface area contributed by atoms with Crippen LogP contribution in [0.15, 0.2) is 0 Å². The third-order valence-corrected chi connectivity index (χ3v) is 4.45. The maximum absolute atomic E-state index is 12.2. The molecule has 0 aromatic heterocycles. The van der Waals surface area contributed by atoms with E-state index in [9.17, 15) is 9.59 Å². The lowest BCUT2D eigenvalue weighted by atomic mass is 9.96. The first-order valence-electron chi connectivity index (χ1n) is 8.24. The van der Waals surface area contributed by atoms with Crippen LogP contribution in [0.5, 0.6) is 0 Å². The monoisotopic (exact) mass is 296 g/mol. The van der Waals surface area contributed by atoms with E-state index < -0.39 is 0 Å². The molecule has 1 saturated carbocycles. The van der Waals surface area contributed by atoms with E-state index in [4.69, 9.17) is 5.73 Å². The highest BCUT2D eigenvalue weighted by Crippen LogP contribution is 2.17. The van der Waals surface area contributed by atoms with Gasteiger partial charge in [-0.15, -0.1) is 0 Å². The average Bonchev–Trinajstić information content (AvgIpc) is 2.53. The van der Waals surface area contributed by atoms with Gasteiger partial charge >= 0.3 is 6.03 Å². The lowest BCUT2D eigenvalue weighted by Crippen LogP contribution is -2.54. The fraction of sp³-hybridized carbons (Fsp3) is 0.867. The van der Waals surface area contributed by atoms with E-state index in [0.29, 0.717) is 45.2 Å². The van der Waals surface area contributed by atoms with Gasteiger partial charge < -0.3 is 20.9 Å². The Bertz CT molecular complexity index is 348. The van der Waals surface area contributed by atoms with E-state index in [2.05, 4.69) is 5.32 Å². The summed E-state index contributed by atoms with van der Waals surface area (Å²) in [5.74, 6) is 0.160. The van der Waals surface area contributed by atoms with E-state index in [-0.39, 0.29) is 11.9 Å². The number of rotatable bonds is 4. The summed E-state index contributed by atoms with van der Waals surface area (Å²) in [4.78, 5) is 27.8. The number of nitrogens with one attached hydrogen (secondary N) is 1. The molecule has 2 fully saturated rings. The number of urea groups is 1. The molecule has 120 valence electrons. The molecular formula is C15H28N4O2. The maximum Gasteiger partial charge on any atom is 0.317 e. The number of piperazine rings is 1.